The molecule has 11 heteroatoms. The predicted molar refractivity (Wildman–Crippen MR) is 161 cm³/mol. The monoisotopic (exact) mass is 581 g/mol. The molecule has 2 aromatic rings. The molecule has 0 bridgehead atoms. The Bertz CT molecular complexity index is 1210. The molecule has 0 aliphatic carbocycles. The first-order valence-electron chi connectivity index (χ1n) is 14.6. The fourth-order valence-corrected chi connectivity index (χ4v) is 5.13. The summed E-state index contributed by atoms with van der Waals surface area (Å²) < 4.78 is 11.9. The summed E-state index contributed by atoms with van der Waals surface area (Å²) >= 11 is 0. The number of likely N-dealkylation sites (N-methyl/N-ethyl adjacent to an activating group) is 1. The number of para-hydroxylation sites is 1. The first-order chi connectivity index (χ1) is 20.2. The Morgan fingerprint density at radius 2 is 1.83 bits per heavy atom. The van der Waals surface area contributed by atoms with Gasteiger partial charge in [0, 0.05) is 62.5 Å². The molecule has 4 rings (SSSR count). The number of morpholine rings is 1. The number of ether oxygens (including phenoxy) is 2. The molecule has 11 nitrogen and oxygen atoms in total. The lowest BCUT2D eigenvalue weighted by Gasteiger charge is -2.34. The zero-order chi connectivity index (χ0) is 30.1. The molecule has 0 aromatic heterocycles. The second-order valence-electron chi connectivity index (χ2n) is 11.1. The van der Waals surface area contributed by atoms with Gasteiger partial charge in [0.25, 0.3) is 0 Å². The maximum absolute atomic E-state index is 13.5. The number of amides is 4. The third-order valence-corrected chi connectivity index (χ3v) is 7.78. The molecule has 2 aliphatic rings. The van der Waals surface area contributed by atoms with Crippen LogP contribution in [0.2, 0.25) is 0 Å². The minimum atomic E-state index is -0.441. The standard InChI is InChI=1S/C31H43N5O6/c1-22-19-36(23(2)21-37)30(39)18-24-17-26(32-29(38)11-12-35-13-15-41-16-14-35)9-10-27(24)42-28(22)20-34(3)31(40)33-25-7-5-4-6-8-25/h4-10,17,22-23,28,37H,11-16,18-21H2,1-3H3,(H,32,38)(H,33,40)/t22-,23-,28-/m1/s1. The molecule has 3 N–H and O–H groups in total. The van der Waals surface area contributed by atoms with Crippen LogP contribution in [0, 0.1) is 5.92 Å². The van der Waals surface area contributed by atoms with Crippen LogP contribution in [-0.2, 0) is 20.7 Å². The van der Waals surface area contributed by atoms with Crippen molar-refractivity contribution in [3.05, 3.63) is 54.1 Å². The van der Waals surface area contributed by atoms with Gasteiger partial charge in [-0.25, -0.2) is 4.79 Å². The second kappa shape index (κ2) is 15.0. The maximum atomic E-state index is 13.5. The summed E-state index contributed by atoms with van der Waals surface area (Å²) in [6, 6.07) is 13.9. The summed E-state index contributed by atoms with van der Waals surface area (Å²) in [6.45, 7) is 7.90. The lowest BCUT2D eigenvalue weighted by Crippen LogP contribution is -2.48. The van der Waals surface area contributed by atoms with Crippen LogP contribution < -0.4 is 15.4 Å². The van der Waals surface area contributed by atoms with E-state index < -0.39 is 6.10 Å². The topological polar surface area (TPSA) is 124 Å². The van der Waals surface area contributed by atoms with Crippen molar-refractivity contribution in [1.82, 2.24) is 14.7 Å². The molecular weight excluding hydrogens is 538 g/mol. The number of nitrogens with one attached hydrogen (secondary N) is 2. The van der Waals surface area contributed by atoms with Gasteiger partial charge in [-0.1, -0.05) is 25.1 Å². The number of nitrogens with zero attached hydrogens (tertiary/aromatic N) is 3. The van der Waals surface area contributed by atoms with Crippen molar-refractivity contribution in [3.8, 4) is 5.75 Å². The van der Waals surface area contributed by atoms with Crippen molar-refractivity contribution in [2.75, 3.05) is 70.2 Å². The molecule has 42 heavy (non-hydrogen) atoms. The number of benzene rings is 2. The molecule has 0 radical (unpaired) electrons. The van der Waals surface area contributed by atoms with Crippen LogP contribution >= 0.6 is 0 Å². The van der Waals surface area contributed by atoms with E-state index in [1.54, 1.807) is 35.0 Å². The van der Waals surface area contributed by atoms with E-state index in [-0.39, 0.29) is 49.4 Å². The number of urea groups is 1. The fourth-order valence-electron chi connectivity index (χ4n) is 5.13. The predicted octanol–water partition coefficient (Wildman–Crippen LogP) is 2.66. The number of carbonyl (C=O) groups is 3. The van der Waals surface area contributed by atoms with Gasteiger partial charge in [-0.3, -0.25) is 14.5 Å². The third-order valence-electron chi connectivity index (χ3n) is 7.78. The van der Waals surface area contributed by atoms with Gasteiger partial charge in [-0.05, 0) is 37.3 Å². The highest BCUT2D eigenvalue weighted by atomic mass is 16.5. The number of fused-ring (bicyclic) bond motifs is 1. The van der Waals surface area contributed by atoms with E-state index in [9.17, 15) is 19.5 Å². The Morgan fingerprint density at radius 1 is 1.10 bits per heavy atom. The normalized spacial score (nSPS) is 20.3. The summed E-state index contributed by atoms with van der Waals surface area (Å²) in [5, 5.41) is 15.7. The van der Waals surface area contributed by atoms with E-state index >= 15 is 0 Å². The smallest absolute Gasteiger partial charge is 0.321 e. The summed E-state index contributed by atoms with van der Waals surface area (Å²) in [5.41, 5.74) is 1.91. The van der Waals surface area contributed by atoms with Crippen molar-refractivity contribution in [1.29, 1.82) is 0 Å². The maximum Gasteiger partial charge on any atom is 0.321 e. The zero-order valence-electron chi connectivity index (χ0n) is 24.8. The summed E-state index contributed by atoms with van der Waals surface area (Å²) in [7, 11) is 1.71. The number of aliphatic hydroxyl groups is 1. The van der Waals surface area contributed by atoms with Crippen molar-refractivity contribution in [2.24, 2.45) is 5.92 Å². The van der Waals surface area contributed by atoms with Gasteiger partial charge in [0.05, 0.1) is 38.8 Å². The third kappa shape index (κ3) is 8.67. The van der Waals surface area contributed by atoms with E-state index in [1.165, 1.54) is 0 Å². The number of hydrogen-bond acceptors (Lipinski definition) is 7. The number of carbonyl (C=O) groups excluding carboxylic acids is 3. The number of aliphatic hydroxyl groups excluding tert-OH is 1. The van der Waals surface area contributed by atoms with E-state index in [1.807, 2.05) is 44.2 Å². The molecule has 1 saturated heterocycles. The highest BCUT2D eigenvalue weighted by molar-refractivity contribution is 5.91. The van der Waals surface area contributed by atoms with Crippen molar-refractivity contribution in [2.45, 2.75) is 38.8 Å². The van der Waals surface area contributed by atoms with E-state index in [2.05, 4.69) is 15.5 Å². The second-order valence-corrected chi connectivity index (χ2v) is 11.1. The molecule has 3 atom stereocenters. The molecule has 2 aliphatic heterocycles. The Morgan fingerprint density at radius 3 is 2.55 bits per heavy atom. The van der Waals surface area contributed by atoms with Crippen LogP contribution in [0.25, 0.3) is 0 Å². The number of hydrogen-bond donors (Lipinski definition) is 3. The minimum Gasteiger partial charge on any atom is -0.488 e. The Hall–Kier alpha value is -3.67. The van der Waals surface area contributed by atoms with Crippen LogP contribution in [0.5, 0.6) is 5.75 Å². The molecule has 2 heterocycles. The van der Waals surface area contributed by atoms with Crippen LogP contribution in [0.4, 0.5) is 16.2 Å². The number of rotatable bonds is 9. The van der Waals surface area contributed by atoms with Gasteiger partial charge >= 0.3 is 6.03 Å². The minimum absolute atomic E-state index is 0.0565. The van der Waals surface area contributed by atoms with Crippen LogP contribution in [-0.4, -0.2) is 109 Å². The first-order valence-corrected chi connectivity index (χ1v) is 14.6. The van der Waals surface area contributed by atoms with Gasteiger partial charge in [-0.15, -0.1) is 0 Å². The van der Waals surface area contributed by atoms with Crippen molar-refractivity contribution < 1.29 is 29.0 Å². The SMILES string of the molecule is C[C@@H]1CN([C@H](C)CO)C(=O)Cc2cc(NC(=O)CCN3CCOCC3)ccc2O[C@@H]1CN(C)C(=O)Nc1ccccc1. The molecule has 2 aromatic carbocycles. The van der Waals surface area contributed by atoms with Crippen molar-refractivity contribution in [3.63, 3.8) is 0 Å². The zero-order valence-corrected chi connectivity index (χ0v) is 24.8. The molecule has 1 fully saturated rings. The van der Waals surface area contributed by atoms with Gasteiger partial charge in [0.1, 0.15) is 11.9 Å². The molecule has 4 amide bonds. The van der Waals surface area contributed by atoms with Crippen LogP contribution in [0.15, 0.2) is 48.5 Å². The van der Waals surface area contributed by atoms with E-state index in [4.69, 9.17) is 9.47 Å². The lowest BCUT2D eigenvalue weighted by atomic mass is 10.0. The molecule has 0 saturated carbocycles. The summed E-state index contributed by atoms with van der Waals surface area (Å²) in [4.78, 5) is 44.6. The summed E-state index contributed by atoms with van der Waals surface area (Å²) in [6.07, 6.45) is -0.0322. The first kappa shape index (κ1) is 31.3. The van der Waals surface area contributed by atoms with Crippen LogP contribution in [0.1, 0.15) is 25.8 Å². The highest BCUT2D eigenvalue weighted by Crippen LogP contribution is 2.29. The van der Waals surface area contributed by atoms with Gasteiger partial charge in [-0.2, -0.15) is 0 Å². The molecule has 0 unspecified atom stereocenters. The Labute approximate surface area is 247 Å². The quantitative estimate of drug-likeness (QED) is 0.416. The number of anilines is 2. The van der Waals surface area contributed by atoms with Crippen LogP contribution in [0.3, 0.4) is 0 Å². The fraction of sp³-hybridized carbons (Fsp3) is 0.516. The van der Waals surface area contributed by atoms with E-state index in [0.717, 1.165) is 13.1 Å². The lowest BCUT2D eigenvalue weighted by molar-refractivity contribution is -0.134. The largest absolute Gasteiger partial charge is 0.488 e. The summed E-state index contributed by atoms with van der Waals surface area (Å²) in [5.74, 6) is 0.132. The van der Waals surface area contributed by atoms with E-state index in [0.29, 0.717) is 55.4 Å². The van der Waals surface area contributed by atoms with Gasteiger partial charge < -0.3 is 35.0 Å². The Kier molecular flexibility index (Phi) is 11.2. The molecule has 228 valence electrons. The van der Waals surface area contributed by atoms with Gasteiger partial charge in [0.2, 0.25) is 11.8 Å². The highest BCUT2D eigenvalue weighted by Gasteiger charge is 2.32. The molecular formula is C31H43N5O6. The average Bonchev–Trinajstić information content (AvgIpc) is 3.04. The van der Waals surface area contributed by atoms with Crippen molar-refractivity contribution >= 4 is 29.2 Å². The average molecular weight is 582 g/mol. The van der Waals surface area contributed by atoms with Gasteiger partial charge in [0.15, 0.2) is 0 Å². The molecule has 0 spiro atoms. The Balaban J connectivity index is 1.50.